The average molecular weight is 267 g/mol. The Balaban J connectivity index is 1.93. The molecule has 2 nitrogen and oxygen atoms in total. The van der Waals surface area contributed by atoms with E-state index in [1.807, 2.05) is 31.2 Å². The van der Waals surface area contributed by atoms with Crippen LogP contribution in [0.1, 0.15) is 29.2 Å². The van der Waals surface area contributed by atoms with Crippen LogP contribution in [-0.4, -0.2) is 4.98 Å². The molecule has 0 aliphatic carbocycles. The molecule has 1 aromatic carbocycles. The van der Waals surface area contributed by atoms with Crippen LogP contribution in [0.3, 0.4) is 0 Å². The highest BCUT2D eigenvalue weighted by atomic mass is 35.5. The fourth-order valence-electron chi connectivity index (χ4n) is 1.62. The summed E-state index contributed by atoms with van der Waals surface area (Å²) >= 11 is 7.55. The van der Waals surface area contributed by atoms with Gasteiger partial charge in [-0.15, -0.1) is 11.3 Å². The number of hydrogen-bond acceptors (Lipinski definition) is 3. The molecule has 0 amide bonds. The first-order valence-electron chi connectivity index (χ1n) is 5.55. The molecule has 90 valence electrons. The monoisotopic (exact) mass is 266 g/mol. The van der Waals surface area contributed by atoms with Crippen LogP contribution >= 0.6 is 22.9 Å². The van der Waals surface area contributed by atoms with E-state index < -0.39 is 0 Å². The third-order valence-corrected chi connectivity index (χ3v) is 3.70. The second kappa shape index (κ2) is 5.63. The number of benzene rings is 1. The van der Waals surface area contributed by atoms with Gasteiger partial charge in [0.25, 0.3) is 0 Å². The maximum absolute atomic E-state index is 5.86. The number of aromatic nitrogens is 1. The van der Waals surface area contributed by atoms with E-state index in [0.717, 1.165) is 22.3 Å². The van der Waals surface area contributed by atoms with E-state index in [2.05, 4.69) is 22.6 Å². The minimum absolute atomic E-state index is 0.300. The molecule has 17 heavy (non-hydrogen) atoms. The van der Waals surface area contributed by atoms with Crippen LogP contribution in [0.5, 0.6) is 0 Å². The average Bonchev–Trinajstić information content (AvgIpc) is 2.73. The van der Waals surface area contributed by atoms with Crippen LogP contribution in [0.25, 0.3) is 0 Å². The van der Waals surface area contributed by atoms with Gasteiger partial charge < -0.3 is 5.32 Å². The van der Waals surface area contributed by atoms with Crippen molar-refractivity contribution in [1.82, 2.24) is 10.3 Å². The van der Waals surface area contributed by atoms with Gasteiger partial charge in [0, 0.05) is 23.0 Å². The Kier molecular flexibility index (Phi) is 4.15. The summed E-state index contributed by atoms with van der Waals surface area (Å²) in [5.41, 5.74) is 2.34. The van der Waals surface area contributed by atoms with E-state index >= 15 is 0 Å². The Morgan fingerprint density at radius 1 is 1.35 bits per heavy atom. The first-order chi connectivity index (χ1) is 8.15. The number of halogens is 1. The summed E-state index contributed by atoms with van der Waals surface area (Å²) in [5, 5.41) is 7.43. The fraction of sp³-hybridized carbons (Fsp3) is 0.308. The Morgan fingerprint density at radius 3 is 2.65 bits per heavy atom. The summed E-state index contributed by atoms with van der Waals surface area (Å²) in [7, 11) is 0. The van der Waals surface area contributed by atoms with Crippen molar-refractivity contribution in [2.75, 3.05) is 0 Å². The summed E-state index contributed by atoms with van der Waals surface area (Å²) in [5.74, 6) is 0. The maximum Gasteiger partial charge on any atom is 0.0897 e. The van der Waals surface area contributed by atoms with Crippen molar-refractivity contribution in [3.05, 3.63) is 50.9 Å². The van der Waals surface area contributed by atoms with E-state index in [4.69, 9.17) is 11.6 Å². The normalized spacial score (nSPS) is 12.6. The molecule has 1 aromatic heterocycles. The van der Waals surface area contributed by atoms with Crippen molar-refractivity contribution in [1.29, 1.82) is 0 Å². The largest absolute Gasteiger partial charge is 0.305 e. The maximum atomic E-state index is 5.86. The second-order valence-corrected chi connectivity index (χ2v) is 5.51. The highest BCUT2D eigenvalue weighted by molar-refractivity contribution is 7.09. The lowest BCUT2D eigenvalue weighted by Crippen LogP contribution is -2.18. The van der Waals surface area contributed by atoms with Gasteiger partial charge in [0.1, 0.15) is 0 Å². The van der Waals surface area contributed by atoms with Crippen molar-refractivity contribution >= 4 is 22.9 Å². The first-order valence-corrected chi connectivity index (χ1v) is 6.81. The summed E-state index contributed by atoms with van der Waals surface area (Å²) in [6.45, 7) is 4.97. The Hall–Kier alpha value is -0.900. The van der Waals surface area contributed by atoms with Crippen LogP contribution in [0.4, 0.5) is 0 Å². The van der Waals surface area contributed by atoms with Crippen LogP contribution in [0.2, 0.25) is 5.02 Å². The third-order valence-electron chi connectivity index (χ3n) is 2.63. The molecule has 2 aromatic rings. The van der Waals surface area contributed by atoms with Crippen molar-refractivity contribution in [3.8, 4) is 0 Å². The number of nitrogens with one attached hydrogen (secondary N) is 1. The van der Waals surface area contributed by atoms with E-state index in [1.165, 1.54) is 5.56 Å². The molecule has 0 unspecified atom stereocenters. The molecule has 1 atom stereocenters. The summed E-state index contributed by atoms with van der Waals surface area (Å²) in [6.07, 6.45) is 0. The Morgan fingerprint density at radius 2 is 2.06 bits per heavy atom. The van der Waals surface area contributed by atoms with E-state index in [1.54, 1.807) is 11.3 Å². The van der Waals surface area contributed by atoms with Gasteiger partial charge in [0.2, 0.25) is 0 Å². The Labute approximate surface area is 111 Å². The highest BCUT2D eigenvalue weighted by Gasteiger charge is 2.05. The van der Waals surface area contributed by atoms with Gasteiger partial charge >= 0.3 is 0 Å². The lowest BCUT2D eigenvalue weighted by atomic mass is 10.1. The molecule has 0 aliphatic heterocycles. The fourth-order valence-corrected chi connectivity index (χ4v) is 2.35. The lowest BCUT2D eigenvalue weighted by molar-refractivity contribution is 0.569. The molecule has 1 N–H and O–H groups in total. The van der Waals surface area contributed by atoms with Crippen LogP contribution in [0.15, 0.2) is 29.6 Å². The lowest BCUT2D eigenvalue weighted by Gasteiger charge is -2.13. The minimum atomic E-state index is 0.300. The van der Waals surface area contributed by atoms with Crippen molar-refractivity contribution in [2.45, 2.75) is 26.4 Å². The van der Waals surface area contributed by atoms with E-state index in [0.29, 0.717) is 6.04 Å². The van der Waals surface area contributed by atoms with Crippen LogP contribution in [-0.2, 0) is 6.54 Å². The molecule has 0 saturated carbocycles. The quantitative estimate of drug-likeness (QED) is 0.906. The van der Waals surface area contributed by atoms with Gasteiger partial charge in [-0.2, -0.15) is 0 Å². The van der Waals surface area contributed by atoms with Gasteiger partial charge in [-0.05, 0) is 31.5 Å². The zero-order valence-corrected chi connectivity index (χ0v) is 11.5. The standard InChI is InChI=1S/C13H15ClN2S/c1-9(11-3-5-12(14)6-4-11)15-7-13-8-17-10(2)16-13/h3-6,8-9,15H,7H2,1-2H3/t9-/m1/s1. The molecular formula is C13H15ClN2S. The second-order valence-electron chi connectivity index (χ2n) is 4.01. The topological polar surface area (TPSA) is 24.9 Å². The summed E-state index contributed by atoms with van der Waals surface area (Å²) in [6, 6.07) is 8.23. The molecular weight excluding hydrogens is 252 g/mol. The summed E-state index contributed by atoms with van der Waals surface area (Å²) in [4.78, 5) is 4.43. The van der Waals surface area contributed by atoms with E-state index in [-0.39, 0.29) is 0 Å². The molecule has 0 fully saturated rings. The highest BCUT2D eigenvalue weighted by Crippen LogP contribution is 2.16. The first kappa shape index (κ1) is 12.6. The van der Waals surface area contributed by atoms with Crippen molar-refractivity contribution in [2.24, 2.45) is 0 Å². The molecule has 1 heterocycles. The van der Waals surface area contributed by atoms with Crippen LogP contribution in [0, 0.1) is 6.92 Å². The SMILES string of the molecule is Cc1nc(CN[C@H](C)c2ccc(Cl)cc2)cs1. The van der Waals surface area contributed by atoms with Gasteiger partial charge in [0.15, 0.2) is 0 Å². The van der Waals surface area contributed by atoms with Crippen molar-refractivity contribution in [3.63, 3.8) is 0 Å². The molecule has 0 spiro atoms. The molecule has 0 aliphatic rings. The zero-order chi connectivity index (χ0) is 12.3. The van der Waals surface area contributed by atoms with Gasteiger partial charge in [0.05, 0.1) is 10.7 Å². The van der Waals surface area contributed by atoms with E-state index in [9.17, 15) is 0 Å². The Bertz CT molecular complexity index is 478. The minimum Gasteiger partial charge on any atom is -0.305 e. The van der Waals surface area contributed by atoms with Gasteiger partial charge in [-0.3, -0.25) is 0 Å². The number of hydrogen-bond donors (Lipinski definition) is 1. The smallest absolute Gasteiger partial charge is 0.0897 e. The third kappa shape index (κ3) is 3.53. The number of thiazole rings is 1. The number of nitrogens with zero attached hydrogens (tertiary/aromatic N) is 1. The molecule has 0 bridgehead atoms. The number of rotatable bonds is 4. The van der Waals surface area contributed by atoms with Gasteiger partial charge in [-0.25, -0.2) is 4.98 Å². The predicted octanol–water partition coefficient (Wildman–Crippen LogP) is 3.96. The molecule has 2 rings (SSSR count). The zero-order valence-electron chi connectivity index (χ0n) is 9.90. The van der Waals surface area contributed by atoms with Crippen LogP contribution < -0.4 is 5.32 Å². The summed E-state index contributed by atoms with van der Waals surface area (Å²) < 4.78 is 0. The molecule has 4 heteroatoms. The molecule has 0 radical (unpaired) electrons. The molecule has 0 saturated heterocycles. The van der Waals surface area contributed by atoms with Crippen molar-refractivity contribution < 1.29 is 0 Å². The predicted molar refractivity (Wildman–Crippen MR) is 73.6 cm³/mol. The van der Waals surface area contributed by atoms with Gasteiger partial charge in [-0.1, -0.05) is 23.7 Å². The number of aryl methyl sites for hydroxylation is 1.